The summed E-state index contributed by atoms with van der Waals surface area (Å²) >= 11 is 1.54. The molecule has 1 aromatic heterocycles. The molecular formula is C29H47NO5S. The van der Waals surface area contributed by atoms with Crippen LogP contribution in [0.5, 0.6) is 0 Å². The third kappa shape index (κ3) is 9.91. The van der Waals surface area contributed by atoms with Crippen LogP contribution in [-0.4, -0.2) is 45.3 Å². The zero-order valence-corrected chi connectivity index (χ0v) is 24.2. The van der Waals surface area contributed by atoms with Crippen LogP contribution >= 0.6 is 11.3 Å². The summed E-state index contributed by atoms with van der Waals surface area (Å²) in [6, 6.07) is 0. The van der Waals surface area contributed by atoms with E-state index < -0.39 is 35.6 Å². The number of aliphatic hydroxyl groups is 2. The number of rotatable bonds is 16. The molecule has 0 aliphatic heterocycles. The standard InChI is InChI=1S/C29H47NO5S/c1-10-12-24(20(5)15-23-17-36-22(7)30-23)35-26(32)16-25(31)29(8,9)28(34)21(6)27(33)19(4)14-11-13-18(2)3/h10,15,17-19,21,24-25,27,31,33H,1,11-14,16H2,2-9H3/b20-15+/t19-,21+,24-,25-,27-/m0/s1. The predicted molar refractivity (Wildman–Crippen MR) is 148 cm³/mol. The van der Waals surface area contributed by atoms with E-state index in [0.29, 0.717) is 12.3 Å². The smallest absolute Gasteiger partial charge is 0.309 e. The van der Waals surface area contributed by atoms with Gasteiger partial charge in [0, 0.05) is 17.7 Å². The third-order valence-electron chi connectivity index (χ3n) is 6.95. The van der Waals surface area contributed by atoms with Crippen molar-refractivity contribution in [1.82, 2.24) is 4.98 Å². The molecule has 0 bridgehead atoms. The molecule has 0 aliphatic rings. The second-order valence-electron chi connectivity index (χ2n) is 11.1. The minimum absolute atomic E-state index is 0.0310. The molecule has 0 aliphatic carbocycles. The molecular weight excluding hydrogens is 474 g/mol. The number of esters is 1. The van der Waals surface area contributed by atoms with Gasteiger partial charge >= 0.3 is 5.97 Å². The van der Waals surface area contributed by atoms with Crippen molar-refractivity contribution in [1.29, 1.82) is 0 Å². The summed E-state index contributed by atoms with van der Waals surface area (Å²) in [5.41, 5.74) is 0.410. The van der Waals surface area contributed by atoms with Gasteiger partial charge in [0.1, 0.15) is 11.9 Å². The van der Waals surface area contributed by atoms with E-state index in [4.69, 9.17) is 4.74 Å². The van der Waals surface area contributed by atoms with Crippen molar-refractivity contribution in [3.63, 3.8) is 0 Å². The fourth-order valence-electron chi connectivity index (χ4n) is 4.29. The molecule has 6 nitrogen and oxygen atoms in total. The maximum Gasteiger partial charge on any atom is 0.309 e. The van der Waals surface area contributed by atoms with E-state index in [2.05, 4.69) is 25.4 Å². The van der Waals surface area contributed by atoms with Gasteiger partial charge in [0.05, 0.1) is 34.7 Å². The summed E-state index contributed by atoms with van der Waals surface area (Å²) in [5.74, 6) is -0.933. The van der Waals surface area contributed by atoms with Crippen LogP contribution in [-0.2, 0) is 14.3 Å². The Morgan fingerprint density at radius 1 is 1.19 bits per heavy atom. The van der Waals surface area contributed by atoms with Gasteiger partial charge in [-0.05, 0) is 43.8 Å². The highest BCUT2D eigenvalue weighted by molar-refractivity contribution is 7.09. The van der Waals surface area contributed by atoms with Crippen LogP contribution in [0.2, 0.25) is 0 Å². The number of hydrogen-bond donors (Lipinski definition) is 2. The van der Waals surface area contributed by atoms with Gasteiger partial charge in [-0.2, -0.15) is 0 Å². The quantitative estimate of drug-likeness (QED) is 0.200. The predicted octanol–water partition coefficient (Wildman–Crippen LogP) is 6.15. The number of carbonyl (C=O) groups excluding carboxylic acids is 2. The Morgan fingerprint density at radius 2 is 1.83 bits per heavy atom. The average molecular weight is 522 g/mol. The average Bonchev–Trinajstić information content (AvgIpc) is 3.20. The first-order valence-electron chi connectivity index (χ1n) is 13.0. The highest BCUT2D eigenvalue weighted by atomic mass is 32.1. The molecule has 0 unspecified atom stereocenters. The van der Waals surface area contributed by atoms with Crippen molar-refractivity contribution < 1.29 is 24.5 Å². The molecule has 204 valence electrons. The first-order chi connectivity index (χ1) is 16.7. The van der Waals surface area contributed by atoms with Crippen LogP contribution in [0.25, 0.3) is 6.08 Å². The maximum absolute atomic E-state index is 13.3. The molecule has 1 rings (SSSR count). The van der Waals surface area contributed by atoms with Crippen LogP contribution in [0, 0.1) is 30.1 Å². The highest BCUT2D eigenvalue weighted by Gasteiger charge is 2.42. The molecule has 0 amide bonds. The molecule has 0 fully saturated rings. The molecule has 36 heavy (non-hydrogen) atoms. The molecule has 1 aromatic rings. The van der Waals surface area contributed by atoms with Gasteiger partial charge in [0.25, 0.3) is 0 Å². The van der Waals surface area contributed by atoms with Gasteiger partial charge in [0.15, 0.2) is 0 Å². The number of thiazole rings is 1. The Kier molecular flexibility index (Phi) is 13.2. The molecule has 5 atom stereocenters. The maximum atomic E-state index is 13.3. The van der Waals surface area contributed by atoms with E-state index in [-0.39, 0.29) is 18.1 Å². The molecule has 1 heterocycles. The number of aliphatic hydroxyl groups excluding tert-OH is 2. The first-order valence-corrected chi connectivity index (χ1v) is 13.9. The largest absolute Gasteiger partial charge is 0.457 e. The van der Waals surface area contributed by atoms with Crippen LogP contribution in [0.1, 0.15) is 91.3 Å². The lowest BCUT2D eigenvalue weighted by Crippen LogP contribution is -2.45. The monoisotopic (exact) mass is 521 g/mol. The van der Waals surface area contributed by atoms with Crippen molar-refractivity contribution in [2.45, 2.75) is 106 Å². The van der Waals surface area contributed by atoms with Crippen molar-refractivity contribution in [2.24, 2.45) is 23.2 Å². The van der Waals surface area contributed by atoms with E-state index >= 15 is 0 Å². The Labute approximate surface area is 221 Å². The van der Waals surface area contributed by atoms with Crippen LogP contribution < -0.4 is 0 Å². The van der Waals surface area contributed by atoms with E-state index in [1.165, 1.54) is 0 Å². The minimum atomic E-state index is -1.24. The van der Waals surface area contributed by atoms with Gasteiger partial charge in [0.2, 0.25) is 0 Å². The minimum Gasteiger partial charge on any atom is -0.457 e. The van der Waals surface area contributed by atoms with Crippen molar-refractivity contribution in [3.8, 4) is 0 Å². The first kappa shape index (κ1) is 32.2. The Bertz CT molecular complexity index is 888. The lowest BCUT2D eigenvalue weighted by molar-refractivity contribution is -0.154. The van der Waals surface area contributed by atoms with E-state index in [0.717, 1.165) is 35.5 Å². The highest BCUT2D eigenvalue weighted by Crippen LogP contribution is 2.32. The number of ether oxygens (including phenoxy) is 1. The van der Waals surface area contributed by atoms with Crippen molar-refractivity contribution in [3.05, 3.63) is 34.3 Å². The number of nitrogens with zero attached hydrogens (tertiary/aromatic N) is 1. The molecule has 0 spiro atoms. The Hall–Kier alpha value is -1.83. The number of Topliss-reactive ketones (excluding diaryl/α,β-unsaturated/α-hetero) is 1. The molecule has 7 heteroatoms. The van der Waals surface area contributed by atoms with E-state index in [9.17, 15) is 19.8 Å². The van der Waals surface area contributed by atoms with Gasteiger partial charge in [-0.3, -0.25) is 9.59 Å². The van der Waals surface area contributed by atoms with Crippen molar-refractivity contribution >= 4 is 29.2 Å². The second kappa shape index (κ2) is 14.8. The van der Waals surface area contributed by atoms with Gasteiger partial charge < -0.3 is 14.9 Å². The van der Waals surface area contributed by atoms with Crippen LogP contribution in [0.15, 0.2) is 23.6 Å². The summed E-state index contributed by atoms with van der Waals surface area (Å²) in [4.78, 5) is 30.4. The van der Waals surface area contributed by atoms with Crippen LogP contribution in [0.4, 0.5) is 0 Å². The number of carbonyl (C=O) groups is 2. The number of ketones is 1. The summed E-state index contributed by atoms with van der Waals surface area (Å²) in [5, 5.41) is 24.5. The number of hydrogen-bond acceptors (Lipinski definition) is 7. The lowest BCUT2D eigenvalue weighted by atomic mass is 9.73. The fraction of sp³-hybridized carbons (Fsp3) is 0.690. The van der Waals surface area contributed by atoms with Crippen molar-refractivity contribution in [2.75, 3.05) is 0 Å². The number of aryl methyl sites for hydroxylation is 1. The molecule has 0 radical (unpaired) electrons. The van der Waals surface area contributed by atoms with E-state index in [1.54, 1.807) is 38.2 Å². The summed E-state index contributed by atoms with van der Waals surface area (Å²) < 4.78 is 5.66. The zero-order valence-electron chi connectivity index (χ0n) is 23.4. The number of aromatic nitrogens is 1. The van der Waals surface area contributed by atoms with Crippen LogP contribution in [0.3, 0.4) is 0 Å². The van der Waals surface area contributed by atoms with Gasteiger partial charge in [-0.1, -0.05) is 60.5 Å². The third-order valence-corrected chi connectivity index (χ3v) is 7.74. The molecule has 0 aromatic carbocycles. The lowest BCUT2D eigenvalue weighted by Gasteiger charge is -2.34. The SMILES string of the molecule is C=CC[C@H](OC(=O)C[C@H](O)C(C)(C)C(=O)[C@H](C)[C@@H](O)[C@@H](C)CCCC(C)C)/C(C)=C/c1csc(C)n1. The summed E-state index contributed by atoms with van der Waals surface area (Å²) in [7, 11) is 0. The topological polar surface area (TPSA) is 96.7 Å². The Balaban J connectivity index is 2.79. The second-order valence-corrected chi connectivity index (χ2v) is 12.1. The molecule has 0 saturated heterocycles. The normalized spacial score (nSPS) is 16.8. The van der Waals surface area contributed by atoms with Gasteiger partial charge in [-0.15, -0.1) is 17.9 Å². The van der Waals surface area contributed by atoms with E-state index in [1.807, 2.05) is 32.2 Å². The zero-order chi connectivity index (χ0) is 27.6. The van der Waals surface area contributed by atoms with Gasteiger partial charge in [-0.25, -0.2) is 4.98 Å². The summed E-state index contributed by atoms with van der Waals surface area (Å²) in [6.07, 6.45) is 4.00. The summed E-state index contributed by atoms with van der Waals surface area (Å²) in [6.45, 7) is 18.8. The molecule has 0 saturated carbocycles. The molecule has 2 N–H and O–H groups in total. The Morgan fingerprint density at radius 3 is 2.36 bits per heavy atom. The fourth-order valence-corrected chi connectivity index (χ4v) is 4.86.